The number of ether oxygens (including phenoxy) is 3. The quantitative estimate of drug-likeness (QED) is 0.225. The topological polar surface area (TPSA) is 114 Å². The van der Waals surface area contributed by atoms with Crippen LogP contribution in [0.1, 0.15) is 32.8 Å². The molecule has 0 heterocycles. The molecule has 2 amide bonds. The lowest BCUT2D eigenvalue weighted by Gasteiger charge is -2.33. The molecule has 0 aliphatic carbocycles. The van der Waals surface area contributed by atoms with E-state index in [9.17, 15) is 18.0 Å². The SMILES string of the molecule is CC[C@@H](C(=O)NCC(C)C)N(CCc1ccccc1)C(=O)CN(c1cc(Cl)ccc1OC)S(=O)(=O)c1ccc(OC)c(OC)c1. The van der Waals surface area contributed by atoms with E-state index in [1.165, 1.54) is 56.6 Å². The van der Waals surface area contributed by atoms with Crippen molar-refractivity contribution in [3.63, 3.8) is 0 Å². The average Bonchev–Trinajstić information content (AvgIpc) is 3.04. The van der Waals surface area contributed by atoms with Gasteiger partial charge in [0.2, 0.25) is 11.8 Å². The van der Waals surface area contributed by atoms with Crippen LogP contribution in [0.4, 0.5) is 5.69 Å². The number of rotatable bonds is 16. The summed E-state index contributed by atoms with van der Waals surface area (Å²) in [5, 5.41) is 3.17. The number of hydrogen-bond donors (Lipinski definition) is 1. The zero-order valence-electron chi connectivity index (χ0n) is 26.6. The fraction of sp³-hybridized carbons (Fsp3) is 0.394. The molecule has 0 fully saturated rings. The summed E-state index contributed by atoms with van der Waals surface area (Å²) >= 11 is 6.33. The number of nitrogens with zero attached hydrogens (tertiary/aromatic N) is 2. The Morgan fingerprint density at radius 3 is 2.13 bits per heavy atom. The van der Waals surface area contributed by atoms with Crippen molar-refractivity contribution in [3.8, 4) is 17.2 Å². The number of methoxy groups -OCH3 is 3. The van der Waals surface area contributed by atoms with Gasteiger partial charge in [-0.2, -0.15) is 0 Å². The fourth-order valence-corrected chi connectivity index (χ4v) is 6.39. The second kappa shape index (κ2) is 16.4. The van der Waals surface area contributed by atoms with Crippen LogP contribution >= 0.6 is 11.6 Å². The van der Waals surface area contributed by atoms with E-state index in [4.69, 9.17) is 25.8 Å². The van der Waals surface area contributed by atoms with Crippen molar-refractivity contribution in [2.75, 3.05) is 45.3 Å². The predicted molar refractivity (Wildman–Crippen MR) is 176 cm³/mol. The standard InChI is InChI=1S/C33H42ClN3O7S/c1-7-27(33(39)35-21-23(2)3)36(18-17-24-11-9-8-10-12-24)32(38)22-37(28-19-25(34)13-15-29(28)42-4)45(40,41)26-14-16-30(43-5)31(20-26)44-6/h8-16,19-20,23,27H,7,17-18,21-22H2,1-6H3,(H,35,39)/t27-/m0/s1. The summed E-state index contributed by atoms with van der Waals surface area (Å²) in [4.78, 5) is 29.0. The summed E-state index contributed by atoms with van der Waals surface area (Å²) in [7, 11) is -0.181. The lowest BCUT2D eigenvalue weighted by atomic mass is 10.1. The van der Waals surface area contributed by atoms with Crippen LogP contribution in [0.5, 0.6) is 17.2 Å². The first kappa shape index (κ1) is 35.5. The van der Waals surface area contributed by atoms with E-state index in [-0.39, 0.29) is 45.5 Å². The molecule has 0 bridgehead atoms. The van der Waals surface area contributed by atoms with Crippen LogP contribution in [0.25, 0.3) is 0 Å². The number of hydrogen-bond acceptors (Lipinski definition) is 7. The molecule has 12 heteroatoms. The summed E-state index contributed by atoms with van der Waals surface area (Å²) in [6, 6.07) is 17.4. The molecular weight excluding hydrogens is 618 g/mol. The van der Waals surface area contributed by atoms with E-state index >= 15 is 0 Å². The number of carbonyl (C=O) groups is 2. The Kier molecular flexibility index (Phi) is 12.9. The smallest absolute Gasteiger partial charge is 0.265 e. The molecule has 1 atom stereocenters. The van der Waals surface area contributed by atoms with Gasteiger partial charge in [0.15, 0.2) is 11.5 Å². The summed E-state index contributed by atoms with van der Waals surface area (Å²) < 4.78 is 45.8. The maximum absolute atomic E-state index is 14.3. The number of anilines is 1. The molecule has 0 radical (unpaired) electrons. The Morgan fingerprint density at radius 1 is 0.889 bits per heavy atom. The van der Waals surface area contributed by atoms with Gasteiger partial charge in [-0.15, -0.1) is 0 Å². The molecule has 0 aromatic heterocycles. The summed E-state index contributed by atoms with van der Waals surface area (Å²) in [6.07, 6.45) is 0.789. The molecule has 10 nitrogen and oxygen atoms in total. The molecule has 0 aliphatic rings. The highest BCUT2D eigenvalue weighted by Gasteiger charge is 2.35. The molecule has 0 unspecified atom stereocenters. The predicted octanol–water partition coefficient (Wildman–Crippen LogP) is 5.18. The second-order valence-corrected chi connectivity index (χ2v) is 13.0. The van der Waals surface area contributed by atoms with Crippen LogP contribution in [-0.2, 0) is 26.0 Å². The second-order valence-electron chi connectivity index (χ2n) is 10.7. The van der Waals surface area contributed by atoms with Crippen molar-refractivity contribution in [1.82, 2.24) is 10.2 Å². The number of amides is 2. The molecular formula is C33H42ClN3O7S. The van der Waals surface area contributed by atoms with E-state index in [2.05, 4.69) is 5.32 Å². The largest absolute Gasteiger partial charge is 0.495 e. The zero-order chi connectivity index (χ0) is 33.1. The van der Waals surface area contributed by atoms with Gasteiger partial charge in [0.05, 0.1) is 31.9 Å². The first-order valence-corrected chi connectivity index (χ1v) is 16.5. The van der Waals surface area contributed by atoms with E-state index in [1.54, 1.807) is 6.07 Å². The number of carbonyl (C=O) groups excluding carboxylic acids is 2. The molecule has 244 valence electrons. The van der Waals surface area contributed by atoms with Crippen molar-refractivity contribution in [2.24, 2.45) is 5.92 Å². The first-order valence-electron chi connectivity index (χ1n) is 14.7. The van der Waals surface area contributed by atoms with Crippen LogP contribution < -0.4 is 23.8 Å². The Hall–Kier alpha value is -3.96. The van der Waals surface area contributed by atoms with Gasteiger partial charge < -0.3 is 24.4 Å². The lowest BCUT2D eigenvalue weighted by molar-refractivity contribution is -0.139. The molecule has 3 rings (SSSR count). The van der Waals surface area contributed by atoms with Gasteiger partial charge >= 0.3 is 0 Å². The highest BCUT2D eigenvalue weighted by Crippen LogP contribution is 2.37. The molecule has 1 N–H and O–H groups in total. The Bertz CT molecular complexity index is 1550. The van der Waals surface area contributed by atoms with Crippen molar-refractivity contribution >= 4 is 39.1 Å². The maximum atomic E-state index is 14.3. The van der Waals surface area contributed by atoms with Gasteiger partial charge in [-0.25, -0.2) is 8.42 Å². The molecule has 0 spiro atoms. The minimum Gasteiger partial charge on any atom is -0.495 e. The van der Waals surface area contributed by atoms with Gasteiger partial charge in [-0.1, -0.05) is 62.7 Å². The highest BCUT2D eigenvalue weighted by atomic mass is 35.5. The van der Waals surface area contributed by atoms with Crippen molar-refractivity contribution in [1.29, 1.82) is 0 Å². The van der Waals surface area contributed by atoms with Gasteiger partial charge in [0.1, 0.15) is 18.3 Å². The Morgan fingerprint density at radius 2 is 1.53 bits per heavy atom. The molecule has 0 saturated carbocycles. The van der Waals surface area contributed by atoms with Gasteiger partial charge in [-0.3, -0.25) is 13.9 Å². The Labute approximate surface area is 271 Å². The summed E-state index contributed by atoms with van der Waals surface area (Å²) in [6.45, 7) is 5.78. The highest BCUT2D eigenvalue weighted by molar-refractivity contribution is 7.92. The zero-order valence-corrected chi connectivity index (χ0v) is 28.2. The third-order valence-corrected chi connectivity index (χ3v) is 9.18. The third kappa shape index (κ3) is 9.04. The fourth-order valence-electron chi connectivity index (χ4n) is 4.79. The molecule has 3 aromatic rings. The van der Waals surface area contributed by atoms with Crippen molar-refractivity contribution in [2.45, 2.75) is 44.6 Å². The monoisotopic (exact) mass is 659 g/mol. The number of nitrogens with one attached hydrogen (secondary N) is 1. The lowest BCUT2D eigenvalue weighted by Crippen LogP contribution is -2.53. The van der Waals surface area contributed by atoms with E-state index in [0.29, 0.717) is 25.1 Å². The molecule has 45 heavy (non-hydrogen) atoms. The third-order valence-electron chi connectivity index (χ3n) is 7.19. The number of halogens is 1. The molecule has 3 aromatic carbocycles. The van der Waals surface area contributed by atoms with Gasteiger partial charge in [-0.05, 0) is 54.7 Å². The molecule has 0 saturated heterocycles. The Balaban J connectivity index is 2.12. The van der Waals surface area contributed by atoms with E-state index < -0.39 is 28.5 Å². The number of benzene rings is 3. The maximum Gasteiger partial charge on any atom is 0.265 e. The number of sulfonamides is 1. The van der Waals surface area contributed by atoms with Crippen LogP contribution in [0.2, 0.25) is 5.02 Å². The van der Waals surface area contributed by atoms with E-state index in [0.717, 1.165) is 9.87 Å². The van der Waals surface area contributed by atoms with Crippen molar-refractivity contribution < 1.29 is 32.2 Å². The molecule has 0 aliphatic heterocycles. The van der Waals surface area contributed by atoms with Gasteiger partial charge in [0.25, 0.3) is 10.0 Å². The van der Waals surface area contributed by atoms with Crippen LogP contribution in [-0.4, -0.2) is 72.1 Å². The van der Waals surface area contributed by atoms with Crippen LogP contribution in [0, 0.1) is 5.92 Å². The normalized spacial score (nSPS) is 11.9. The van der Waals surface area contributed by atoms with Crippen LogP contribution in [0.15, 0.2) is 71.6 Å². The first-order chi connectivity index (χ1) is 21.5. The van der Waals surface area contributed by atoms with Crippen molar-refractivity contribution in [3.05, 3.63) is 77.3 Å². The average molecular weight is 660 g/mol. The minimum atomic E-state index is -4.42. The minimum absolute atomic E-state index is 0.0634. The van der Waals surface area contributed by atoms with E-state index in [1.807, 2.05) is 51.1 Å². The summed E-state index contributed by atoms with van der Waals surface area (Å²) in [5.41, 5.74) is 1.03. The van der Waals surface area contributed by atoms with Gasteiger partial charge in [0, 0.05) is 24.2 Å². The van der Waals surface area contributed by atoms with Crippen LogP contribution in [0.3, 0.4) is 0 Å². The summed E-state index contributed by atoms with van der Waals surface area (Å²) in [5.74, 6) is 0.0573.